The summed E-state index contributed by atoms with van der Waals surface area (Å²) >= 11 is 0. The third-order valence-electron chi connectivity index (χ3n) is 19.5. The van der Waals surface area contributed by atoms with Crippen molar-refractivity contribution < 1.29 is 0 Å². The normalized spacial score (nSPS) is 19.2. The predicted octanol–water partition coefficient (Wildman–Crippen LogP) is 18.4. The van der Waals surface area contributed by atoms with Gasteiger partial charge < -0.3 is 14.7 Å². The molecule has 392 valence electrons. The fourth-order valence-corrected chi connectivity index (χ4v) is 15.0. The topological polar surface area (TPSA) is 9.72 Å². The number of fused-ring (bicyclic) bond motifs is 8. The van der Waals surface area contributed by atoms with Crippen LogP contribution in [0.25, 0.3) is 33.4 Å². The molecule has 0 amide bonds. The molecule has 4 heteroatoms. The molecule has 2 aliphatic carbocycles. The molecule has 0 N–H and O–H groups in total. The Kier molecular flexibility index (Phi) is 11.7. The van der Waals surface area contributed by atoms with E-state index >= 15 is 0 Å². The van der Waals surface area contributed by atoms with Gasteiger partial charge in [0.25, 0.3) is 6.71 Å². The second-order valence-corrected chi connectivity index (χ2v) is 26.3. The summed E-state index contributed by atoms with van der Waals surface area (Å²) in [6, 6.07) is 75.5. The van der Waals surface area contributed by atoms with Crippen LogP contribution in [0.2, 0.25) is 0 Å². The van der Waals surface area contributed by atoms with Crippen molar-refractivity contribution in [2.24, 2.45) is 0 Å². The molecule has 79 heavy (non-hydrogen) atoms. The van der Waals surface area contributed by atoms with E-state index in [-0.39, 0.29) is 28.5 Å². The molecule has 0 aromatic heterocycles. The van der Waals surface area contributed by atoms with Crippen molar-refractivity contribution in [3.63, 3.8) is 0 Å². The van der Waals surface area contributed by atoms with E-state index in [1.54, 1.807) is 0 Å². The van der Waals surface area contributed by atoms with Crippen molar-refractivity contribution in [1.82, 2.24) is 0 Å². The summed E-state index contributed by atoms with van der Waals surface area (Å²) in [4.78, 5) is 8.26. The summed E-state index contributed by atoms with van der Waals surface area (Å²) in [6.45, 7) is 19.5. The first-order chi connectivity index (χ1) is 38.2. The number of hydrogen-bond donors (Lipinski definition) is 0. The Bertz CT molecular complexity index is 3830. The monoisotopic (exact) mass is 1030 g/mol. The SMILES string of the molecule is CC(C)(C)c1ccc(N2c3cc4c(cc3B3c5cc(-c6ccccc6)ccc5N(c5ccc(-c6ccccc6)cc5)c5cc(N6c7ccc(C(C)(C)C)cc7C7(C)CCCCCCC67C)cc2c53)CCC4)c(-c2ccccc2)c1. The van der Waals surface area contributed by atoms with Gasteiger partial charge in [-0.05, 0) is 176 Å². The quantitative estimate of drug-likeness (QED) is 0.154. The van der Waals surface area contributed by atoms with Gasteiger partial charge in [-0.25, -0.2) is 0 Å². The Morgan fingerprint density at radius 1 is 0.392 bits per heavy atom. The zero-order chi connectivity index (χ0) is 54.0. The largest absolute Gasteiger partial charge is 0.334 e. The summed E-state index contributed by atoms with van der Waals surface area (Å²) < 4.78 is 0. The first-order valence-electron chi connectivity index (χ1n) is 29.6. The Hall–Kier alpha value is -7.56. The van der Waals surface area contributed by atoms with E-state index in [4.69, 9.17) is 0 Å². The third kappa shape index (κ3) is 7.97. The van der Waals surface area contributed by atoms with Crippen LogP contribution in [0.1, 0.15) is 128 Å². The smallest absolute Gasteiger partial charge is 0.252 e. The fourth-order valence-electron chi connectivity index (χ4n) is 15.0. The average molecular weight is 1030 g/mol. The number of benzene rings is 9. The van der Waals surface area contributed by atoms with Crippen LogP contribution in [-0.2, 0) is 29.1 Å². The summed E-state index contributed by atoms with van der Waals surface area (Å²) in [5, 5.41) is 0. The van der Waals surface area contributed by atoms with Gasteiger partial charge in [0.1, 0.15) is 0 Å². The molecule has 5 aliphatic rings. The molecule has 2 atom stereocenters. The minimum atomic E-state index is -0.187. The molecule has 9 aromatic carbocycles. The minimum Gasteiger partial charge on any atom is -0.334 e. The molecule has 3 aliphatic heterocycles. The lowest BCUT2D eigenvalue weighted by molar-refractivity contribution is 0.217. The Morgan fingerprint density at radius 2 is 0.924 bits per heavy atom. The van der Waals surface area contributed by atoms with Crippen LogP contribution in [0.3, 0.4) is 0 Å². The van der Waals surface area contributed by atoms with Gasteiger partial charge in [0.2, 0.25) is 0 Å². The zero-order valence-electron chi connectivity index (χ0n) is 47.8. The molecule has 1 saturated carbocycles. The minimum absolute atomic E-state index is 0.0221. The Labute approximate surface area is 471 Å². The van der Waals surface area contributed by atoms with E-state index < -0.39 is 0 Å². The highest BCUT2D eigenvalue weighted by molar-refractivity contribution is 7.00. The highest BCUT2D eigenvalue weighted by atomic mass is 15.3. The van der Waals surface area contributed by atoms with Gasteiger partial charge in [0.05, 0.1) is 11.2 Å². The van der Waals surface area contributed by atoms with Crippen LogP contribution >= 0.6 is 0 Å². The molecule has 14 rings (SSSR count). The van der Waals surface area contributed by atoms with E-state index in [1.165, 1.54) is 156 Å². The van der Waals surface area contributed by atoms with Crippen LogP contribution in [0, 0.1) is 0 Å². The molecule has 9 aromatic rings. The molecular formula is C75H74BN3. The first-order valence-corrected chi connectivity index (χ1v) is 29.6. The molecular weight excluding hydrogens is 954 g/mol. The van der Waals surface area contributed by atoms with Crippen molar-refractivity contribution in [2.75, 3.05) is 14.7 Å². The van der Waals surface area contributed by atoms with Crippen molar-refractivity contribution in [2.45, 2.75) is 135 Å². The van der Waals surface area contributed by atoms with Crippen LogP contribution in [0.4, 0.5) is 45.5 Å². The van der Waals surface area contributed by atoms with Crippen molar-refractivity contribution in [1.29, 1.82) is 0 Å². The van der Waals surface area contributed by atoms with Crippen molar-refractivity contribution in [3.05, 3.63) is 222 Å². The van der Waals surface area contributed by atoms with Crippen LogP contribution in [0.15, 0.2) is 194 Å². The zero-order valence-corrected chi connectivity index (χ0v) is 47.8. The number of hydrogen-bond acceptors (Lipinski definition) is 3. The van der Waals surface area contributed by atoms with Gasteiger partial charge in [0, 0.05) is 50.8 Å². The van der Waals surface area contributed by atoms with Crippen molar-refractivity contribution >= 4 is 68.6 Å². The number of nitrogens with zero attached hydrogens (tertiary/aromatic N) is 3. The average Bonchev–Trinajstić information content (AvgIpc) is 3.11. The summed E-state index contributed by atoms with van der Waals surface area (Å²) in [6.07, 6.45) is 10.7. The first kappa shape index (κ1) is 49.7. The number of rotatable bonds is 6. The van der Waals surface area contributed by atoms with E-state index in [0.717, 1.165) is 24.9 Å². The Balaban J connectivity index is 1.11. The highest BCUT2D eigenvalue weighted by Crippen LogP contribution is 2.61. The molecule has 0 bridgehead atoms. The van der Waals surface area contributed by atoms with Gasteiger partial charge in [-0.2, -0.15) is 0 Å². The lowest BCUT2D eigenvalue weighted by atomic mass is 9.33. The molecule has 3 heterocycles. The van der Waals surface area contributed by atoms with Gasteiger partial charge in [-0.3, -0.25) is 0 Å². The van der Waals surface area contributed by atoms with E-state index in [2.05, 4.69) is 264 Å². The summed E-state index contributed by atoms with van der Waals surface area (Å²) in [7, 11) is 0. The summed E-state index contributed by atoms with van der Waals surface area (Å²) in [5.41, 5.74) is 28.6. The van der Waals surface area contributed by atoms with Gasteiger partial charge in [-0.1, -0.05) is 214 Å². The van der Waals surface area contributed by atoms with E-state index in [0.29, 0.717) is 0 Å². The second-order valence-electron chi connectivity index (χ2n) is 26.3. The van der Waals surface area contributed by atoms with Crippen LogP contribution < -0.4 is 31.1 Å². The maximum atomic E-state index is 2.87. The molecule has 0 spiro atoms. The maximum absolute atomic E-state index is 2.87. The molecule has 2 unspecified atom stereocenters. The van der Waals surface area contributed by atoms with E-state index in [1.807, 2.05) is 0 Å². The van der Waals surface area contributed by atoms with Gasteiger partial charge >= 0.3 is 0 Å². The number of aryl methyl sites for hydroxylation is 2. The summed E-state index contributed by atoms with van der Waals surface area (Å²) in [5.74, 6) is 0. The lowest BCUT2D eigenvalue weighted by Crippen LogP contribution is -2.61. The standard InChI is InChI=1S/C75H74BN3/c1-72(2,3)57-34-39-65(61(46-57)53-27-18-13-19-28-53)78-68-45-55-30-22-29-54(55)43-64(68)76-63-44-56(51-25-16-12-17-26-51)33-38-67(63)77(59-36-31-52(32-37-59)50-23-14-11-15-24-50)69-48-60(49-70(78)71(69)76)79-66-40-35-58(73(4,5)6)47-62(66)74(7)41-20-9-10-21-42-75(74,79)8/h11-19,23-28,31-40,43-49H,9-10,20-22,29-30,41-42H2,1-8H3. The third-order valence-corrected chi connectivity index (χ3v) is 19.5. The van der Waals surface area contributed by atoms with Crippen molar-refractivity contribution in [3.8, 4) is 33.4 Å². The molecule has 0 radical (unpaired) electrons. The molecule has 3 nitrogen and oxygen atoms in total. The van der Waals surface area contributed by atoms with Crippen LogP contribution in [0.5, 0.6) is 0 Å². The highest BCUT2D eigenvalue weighted by Gasteiger charge is 2.57. The van der Waals surface area contributed by atoms with E-state index in [9.17, 15) is 0 Å². The van der Waals surface area contributed by atoms with Gasteiger partial charge in [-0.15, -0.1) is 0 Å². The maximum Gasteiger partial charge on any atom is 0.252 e. The lowest BCUT2D eigenvalue weighted by Gasteiger charge is -2.50. The van der Waals surface area contributed by atoms with Gasteiger partial charge in [0.15, 0.2) is 0 Å². The second kappa shape index (κ2) is 18.5. The predicted molar refractivity (Wildman–Crippen MR) is 338 cm³/mol. The number of anilines is 8. The molecule has 1 fully saturated rings. The fraction of sp³-hybridized carbons (Fsp3) is 0.280. The Morgan fingerprint density at radius 3 is 1.58 bits per heavy atom. The van der Waals surface area contributed by atoms with Crippen LogP contribution in [-0.4, -0.2) is 12.3 Å². The molecule has 0 saturated heterocycles.